The summed E-state index contributed by atoms with van der Waals surface area (Å²) in [7, 11) is 0. The summed E-state index contributed by atoms with van der Waals surface area (Å²) in [4.78, 5) is 22.1. The molecule has 0 aromatic heterocycles. The maximum absolute atomic E-state index is 11.8. The van der Waals surface area contributed by atoms with Crippen molar-refractivity contribution in [1.29, 1.82) is 0 Å². The van der Waals surface area contributed by atoms with Gasteiger partial charge in [0.1, 0.15) is 5.54 Å². The highest BCUT2D eigenvalue weighted by atomic mass is 16.2. The number of rotatable bonds is 4. The quantitative estimate of drug-likeness (QED) is 0.682. The van der Waals surface area contributed by atoms with Crippen LogP contribution in [0, 0.1) is 0 Å². The number of nitrogens with one attached hydrogen (secondary N) is 2. The Hall–Kier alpha value is -1.06. The molecule has 0 atom stereocenters. The summed E-state index contributed by atoms with van der Waals surface area (Å²) in [5, 5.41) is 5.50. The number of carbonyl (C=O) groups is 2. The zero-order chi connectivity index (χ0) is 11.3. The van der Waals surface area contributed by atoms with Gasteiger partial charge in [0.05, 0.1) is 0 Å². The second-order valence-electron chi connectivity index (χ2n) is 4.70. The molecule has 2 amide bonds. The molecule has 0 bridgehead atoms. The van der Waals surface area contributed by atoms with Crippen LogP contribution in [0.4, 0.5) is 0 Å². The fraction of sp³-hybridized carbons (Fsp3) is 0.818. The van der Waals surface area contributed by atoms with Crippen LogP contribution in [0.15, 0.2) is 0 Å². The number of hydrogen-bond donors (Lipinski definition) is 2. The lowest BCUT2D eigenvalue weighted by atomic mass is 9.94. The lowest BCUT2D eigenvalue weighted by Crippen LogP contribution is -2.54. The van der Waals surface area contributed by atoms with Crippen LogP contribution in [0.3, 0.4) is 0 Å². The topological polar surface area (TPSA) is 58.2 Å². The van der Waals surface area contributed by atoms with Crippen LogP contribution in [0.1, 0.15) is 46.0 Å². The Balaban J connectivity index is 2.42. The molecule has 1 aliphatic carbocycles. The van der Waals surface area contributed by atoms with E-state index in [9.17, 15) is 9.59 Å². The Bertz CT molecular complexity index is 233. The van der Waals surface area contributed by atoms with Crippen LogP contribution in [0.25, 0.3) is 0 Å². The average Bonchev–Trinajstić information content (AvgIpc) is 2.19. The van der Waals surface area contributed by atoms with Gasteiger partial charge >= 0.3 is 0 Å². The summed E-state index contributed by atoms with van der Waals surface area (Å²) in [6.45, 7) is 3.42. The molecule has 15 heavy (non-hydrogen) atoms. The van der Waals surface area contributed by atoms with E-state index < -0.39 is 5.54 Å². The second-order valence-corrected chi connectivity index (χ2v) is 4.70. The van der Waals surface area contributed by atoms with E-state index in [-0.39, 0.29) is 5.91 Å². The van der Waals surface area contributed by atoms with Gasteiger partial charge in [0.2, 0.25) is 12.3 Å². The van der Waals surface area contributed by atoms with Gasteiger partial charge in [-0.3, -0.25) is 9.59 Å². The molecule has 0 aliphatic heterocycles. The molecule has 1 rings (SSSR count). The first-order valence-electron chi connectivity index (χ1n) is 5.58. The van der Waals surface area contributed by atoms with Crippen molar-refractivity contribution in [1.82, 2.24) is 10.6 Å². The standard InChI is InChI=1S/C11H20N2O2/c1-11(2,12-8-14)10(15)13-9-6-4-3-5-7-9/h8-9H,3-7H2,1-2H3,(H,12,14)(H,13,15). The van der Waals surface area contributed by atoms with Gasteiger partial charge in [0.25, 0.3) is 0 Å². The molecular weight excluding hydrogens is 192 g/mol. The second kappa shape index (κ2) is 5.14. The minimum atomic E-state index is -0.806. The van der Waals surface area contributed by atoms with Gasteiger partial charge in [-0.05, 0) is 26.7 Å². The van der Waals surface area contributed by atoms with E-state index in [1.807, 2.05) is 0 Å². The Morgan fingerprint density at radius 1 is 1.27 bits per heavy atom. The molecule has 1 aliphatic rings. The van der Waals surface area contributed by atoms with Gasteiger partial charge in [-0.15, -0.1) is 0 Å². The molecular formula is C11H20N2O2. The normalized spacial score (nSPS) is 18.3. The van der Waals surface area contributed by atoms with E-state index in [1.54, 1.807) is 13.8 Å². The van der Waals surface area contributed by atoms with E-state index in [2.05, 4.69) is 10.6 Å². The molecule has 0 aromatic rings. The maximum atomic E-state index is 11.8. The van der Waals surface area contributed by atoms with E-state index in [1.165, 1.54) is 19.3 Å². The van der Waals surface area contributed by atoms with E-state index in [0.29, 0.717) is 12.5 Å². The molecule has 0 spiro atoms. The lowest BCUT2D eigenvalue weighted by molar-refractivity contribution is -0.129. The first-order valence-corrected chi connectivity index (χ1v) is 5.58. The van der Waals surface area contributed by atoms with Crippen molar-refractivity contribution in [2.75, 3.05) is 0 Å². The highest BCUT2D eigenvalue weighted by molar-refractivity contribution is 5.87. The van der Waals surface area contributed by atoms with Gasteiger partial charge in [0.15, 0.2) is 0 Å². The van der Waals surface area contributed by atoms with Gasteiger partial charge in [-0.1, -0.05) is 19.3 Å². The van der Waals surface area contributed by atoms with Crippen molar-refractivity contribution in [2.45, 2.75) is 57.5 Å². The fourth-order valence-corrected chi connectivity index (χ4v) is 1.83. The van der Waals surface area contributed by atoms with Crippen molar-refractivity contribution < 1.29 is 9.59 Å². The Morgan fingerprint density at radius 3 is 2.40 bits per heavy atom. The van der Waals surface area contributed by atoms with Crippen LogP contribution in [0.2, 0.25) is 0 Å². The van der Waals surface area contributed by atoms with Gasteiger partial charge < -0.3 is 10.6 Å². The molecule has 0 radical (unpaired) electrons. The Kier molecular flexibility index (Phi) is 4.12. The zero-order valence-electron chi connectivity index (χ0n) is 9.51. The van der Waals surface area contributed by atoms with Crippen LogP contribution < -0.4 is 10.6 Å². The summed E-state index contributed by atoms with van der Waals surface area (Å²) in [6, 6.07) is 0.291. The van der Waals surface area contributed by atoms with Crippen LogP contribution in [-0.2, 0) is 9.59 Å². The van der Waals surface area contributed by atoms with Crippen molar-refractivity contribution in [2.24, 2.45) is 0 Å². The summed E-state index contributed by atoms with van der Waals surface area (Å²) < 4.78 is 0. The summed E-state index contributed by atoms with van der Waals surface area (Å²) >= 11 is 0. The predicted octanol–water partition coefficient (Wildman–Crippen LogP) is 0.960. The largest absolute Gasteiger partial charge is 0.351 e. The van der Waals surface area contributed by atoms with Crippen LogP contribution >= 0.6 is 0 Å². The molecule has 4 heteroatoms. The Labute approximate surface area is 90.8 Å². The highest BCUT2D eigenvalue weighted by Gasteiger charge is 2.28. The molecule has 4 nitrogen and oxygen atoms in total. The maximum Gasteiger partial charge on any atom is 0.245 e. The van der Waals surface area contributed by atoms with Crippen molar-refractivity contribution >= 4 is 12.3 Å². The van der Waals surface area contributed by atoms with Crippen molar-refractivity contribution in [3.8, 4) is 0 Å². The number of amides is 2. The van der Waals surface area contributed by atoms with Gasteiger partial charge in [0, 0.05) is 6.04 Å². The fourth-order valence-electron chi connectivity index (χ4n) is 1.83. The van der Waals surface area contributed by atoms with Crippen molar-refractivity contribution in [3.05, 3.63) is 0 Å². The number of hydrogen-bond acceptors (Lipinski definition) is 2. The molecule has 86 valence electrons. The highest BCUT2D eigenvalue weighted by Crippen LogP contribution is 2.18. The first kappa shape index (κ1) is 12.0. The molecule has 0 heterocycles. The molecule has 0 saturated heterocycles. The average molecular weight is 212 g/mol. The molecule has 0 aromatic carbocycles. The third kappa shape index (κ3) is 3.53. The van der Waals surface area contributed by atoms with Gasteiger partial charge in [-0.2, -0.15) is 0 Å². The lowest BCUT2D eigenvalue weighted by Gasteiger charge is -2.28. The minimum absolute atomic E-state index is 0.0958. The zero-order valence-corrected chi connectivity index (χ0v) is 9.51. The van der Waals surface area contributed by atoms with Crippen molar-refractivity contribution in [3.63, 3.8) is 0 Å². The summed E-state index contributed by atoms with van der Waals surface area (Å²) in [5.74, 6) is -0.0958. The molecule has 2 N–H and O–H groups in total. The predicted molar refractivity (Wildman–Crippen MR) is 58.3 cm³/mol. The first-order chi connectivity index (χ1) is 7.06. The monoisotopic (exact) mass is 212 g/mol. The third-order valence-corrected chi connectivity index (χ3v) is 2.93. The molecule has 1 fully saturated rings. The number of carbonyl (C=O) groups excluding carboxylic acids is 2. The smallest absolute Gasteiger partial charge is 0.245 e. The van der Waals surface area contributed by atoms with Crippen LogP contribution in [0.5, 0.6) is 0 Å². The Morgan fingerprint density at radius 2 is 1.87 bits per heavy atom. The minimum Gasteiger partial charge on any atom is -0.351 e. The SMILES string of the molecule is CC(C)(NC=O)C(=O)NC1CCCCC1. The van der Waals surface area contributed by atoms with E-state index >= 15 is 0 Å². The van der Waals surface area contributed by atoms with Gasteiger partial charge in [-0.25, -0.2) is 0 Å². The summed E-state index contributed by atoms with van der Waals surface area (Å²) in [6.07, 6.45) is 6.33. The van der Waals surface area contributed by atoms with E-state index in [0.717, 1.165) is 12.8 Å². The van der Waals surface area contributed by atoms with Crippen LogP contribution in [-0.4, -0.2) is 23.9 Å². The van der Waals surface area contributed by atoms with E-state index in [4.69, 9.17) is 0 Å². The summed E-state index contributed by atoms with van der Waals surface area (Å²) in [5.41, 5.74) is -0.806. The molecule has 0 unspecified atom stereocenters. The molecule has 1 saturated carbocycles. The third-order valence-electron chi connectivity index (χ3n) is 2.93.